The summed E-state index contributed by atoms with van der Waals surface area (Å²) >= 11 is 0. The van der Waals surface area contributed by atoms with Crippen molar-refractivity contribution < 1.29 is 9.50 Å². The molecular weight excluding hydrogens is 299 g/mol. The van der Waals surface area contributed by atoms with E-state index >= 15 is 4.39 Å². The fourth-order valence-corrected chi connectivity index (χ4v) is 3.77. The van der Waals surface area contributed by atoms with Gasteiger partial charge in [-0.05, 0) is 52.8 Å². The molecule has 0 fully saturated rings. The van der Waals surface area contributed by atoms with Gasteiger partial charge < -0.3 is 5.11 Å². The molecule has 3 aromatic rings. The molecule has 1 unspecified atom stereocenters. The van der Waals surface area contributed by atoms with E-state index in [4.69, 9.17) is 0 Å². The number of fused-ring (bicyclic) bond motifs is 2. The Hall–Kier alpha value is -2.61. The quantitative estimate of drug-likeness (QED) is 0.677. The van der Waals surface area contributed by atoms with Crippen LogP contribution < -0.4 is 0 Å². The van der Waals surface area contributed by atoms with E-state index in [2.05, 4.69) is 12.1 Å². The van der Waals surface area contributed by atoms with Crippen LogP contribution in [0.4, 0.5) is 4.39 Å². The van der Waals surface area contributed by atoms with Crippen LogP contribution in [0.2, 0.25) is 0 Å². The Balaban J connectivity index is 1.89. The third-order valence-electron chi connectivity index (χ3n) is 4.93. The number of aryl methyl sites for hydroxylation is 2. The second-order valence-corrected chi connectivity index (χ2v) is 6.37. The SMILES string of the molecule is Oc1cccc(C(F)C2c3ccccc3CCc3ccccc32)c1. The Morgan fingerprint density at radius 2 is 1.38 bits per heavy atom. The topological polar surface area (TPSA) is 20.2 Å². The van der Waals surface area contributed by atoms with Gasteiger partial charge >= 0.3 is 0 Å². The van der Waals surface area contributed by atoms with Gasteiger partial charge in [0.25, 0.3) is 0 Å². The van der Waals surface area contributed by atoms with Gasteiger partial charge in [-0.3, -0.25) is 0 Å². The molecule has 0 heterocycles. The molecule has 0 aromatic heterocycles. The van der Waals surface area contributed by atoms with Gasteiger partial charge in [0.15, 0.2) is 0 Å². The molecule has 24 heavy (non-hydrogen) atoms. The third-order valence-corrected chi connectivity index (χ3v) is 4.93. The van der Waals surface area contributed by atoms with Crippen molar-refractivity contribution in [3.63, 3.8) is 0 Å². The van der Waals surface area contributed by atoms with Crippen LogP contribution >= 0.6 is 0 Å². The van der Waals surface area contributed by atoms with E-state index in [0.29, 0.717) is 5.56 Å². The molecule has 0 amide bonds. The molecule has 0 radical (unpaired) electrons. The van der Waals surface area contributed by atoms with Gasteiger partial charge in [0.1, 0.15) is 11.9 Å². The predicted molar refractivity (Wildman–Crippen MR) is 94.1 cm³/mol. The summed E-state index contributed by atoms with van der Waals surface area (Å²) in [6, 6.07) is 22.8. The molecule has 0 spiro atoms. The van der Waals surface area contributed by atoms with E-state index < -0.39 is 6.17 Å². The zero-order valence-corrected chi connectivity index (χ0v) is 13.3. The minimum absolute atomic E-state index is 0.102. The van der Waals surface area contributed by atoms with Crippen LogP contribution in [-0.2, 0) is 12.8 Å². The maximum Gasteiger partial charge on any atom is 0.136 e. The van der Waals surface area contributed by atoms with Gasteiger partial charge in [0.2, 0.25) is 0 Å². The zero-order valence-electron chi connectivity index (χ0n) is 13.3. The molecule has 0 saturated heterocycles. The molecule has 120 valence electrons. The molecule has 4 rings (SSSR count). The summed E-state index contributed by atoms with van der Waals surface area (Å²) in [5.74, 6) is -0.243. The minimum atomic E-state index is -1.20. The van der Waals surface area contributed by atoms with Crippen LogP contribution in [0.5, 0.6) is 5.75 Å². The molecule has 1 atom stereocenters. The van der Waals surface area contributed by atoms with Crippen LogP contribution in [0, 0.1) is 0 Å². The fraction of sp³-hybridized carbons (Fsp3) is 0.182. The molecule has 1 aliphatic rings. The number of benzene rings is 3. The van der Waals surface area contributed by atoms with Gasteiger partial charge in [-0.1, -0.05) is 60.7 Å². The summed E-state index contributed by atoms with van der Waals surface area (Å²) in [5, 5.41) is 9.74. The molecule has 3 aromatic carbocycles. The third kappa shape index (κ3) is 2.58. The number of aromatic hydroxyl groups is 1. The first-order valence-electron chi connectivity index (χ1n) is 8.32. The average molecular weight is 318 g/mol. The lowest BCUT2D eigenvalue weighted by Crippen LogP contribution is -2.11. The lowest BCUT2D eigenvalue weighted by atomic mass is 9.82. The van der Waals surface area contributed by atoms with Crippen LogP contribution in [0.25, 0.3) is 0 Å². The van der Waals surface area contributed by atoms with Crippen molar-refractivity contribution in [1.82, 2.24) is 0 Å². The molecule has 0 saturated carbocycles. The van der Waals surface area contributed by atoms with Crippen molar-refractivity contribution >= 4 is 0 Å². The second kappa shape index (κ2) is 6.12. The lowest BCUT2D eigenvalue weighted by molar-refractivity contribution is 0.309. The molecule has 0 aliphatic heterocycles. The van der Waals surface area contributed by atoms with E-state index in [-0.39, 0.29) is 11.7 Å². The Labute approximate surface area is 141 Å². The highest BCUT2D eigenvalue weighted by Crippen LogP contribution is 2.44. The number of phenols is 1. The van der Waals surface area contributed by atoms with Gasteiger partial charge in [0, 0.05) is 5.92 Å². The maximum absolute atomic E-state index is 15.6. The Kier molecular flexibility index (Phi) is 3.81. The largest absolute Gasteiger partial charge is 0.508 e. The predicted octanol–water partition coefficient (Wildman–Crippen LogP) is 5.33. The Bertz CT molecular complexity index is 824. The molecule has 0 bridgehead atoms. The Morgan fingerprint density at radius 3 is 1.96 bits per heavy atom. The van der Waals surface area contributed by atoms with Crippen molar-refractivity contribution in [3.8, 4) is 5.75 Å². The molecule has 2 heteroatoms. The van der Waals surface area contributed by atoms with E-state index in [1.54, 1.807) is 18.2 Å². The standard InChI is InChI=1S/C22H19FO/c23-22(17-8-5-9-18(24)14-17)21-19-10-3-1-6-15(19)12-13-16-7-2-4-11-20(16)21/h1-11,14,21-22,24H,12-13H2. The number of hydrogen-bond donors (Lipinski definition) is 1. The van der Waals surface area contributed by atoms with Gasteiger partial charge in [0.05, 0.1) is 0 Å². The highest BCUT2D eigenvalue weighted by atomic mass is 19.1. The number of halogens is 1. The summed E-state index contributed by atoms with van der Waals surface area (Å²) in [7, 11) is 0. The lowest BCUT2D eigenvalue weighted by Gasteiger charge is -2.24. The summed E-state index contributed by atoms with van der Waals surface area (Å²) in [6.07, 6.45) is 0.657. The first kappa shape index (κ1) is 14.9. The van der Waals surface area contributed by atoms with Crippen molar-refractivity contribution in [2.75, 3.05) is 0 Å². The van der Waals surface area contributed by atoms with Crippen LogP contribution in [-0.4, -0.2) is 5.11 Å². The van der Waals surface area contributed by atoms with Crippen molar-refractivity contribution in [3.05, 3.63) is 101 Å². The summed E-state index contributed by atoms with van der Waals surface area (Å²) in [4.78, 5) is 0. The van der Waals surface area contributed by atoms with E-state index in [1.165, 1.54) is 17.2 Å². The van der Waals surface area contributed by atoms with Crippen molar-refractivity contribution in [2.24, 2.45) is 0 Å². The number of alkyl halides is 1. The monoisotopic (exact) mass is 318 g/mol. The minimum Gasteiger partial charge on any atom is -0.508 e. The number of phenolic OH excluding ortho intramolecular Hbond substituents is 1. The highest BCUT2D eigenvalue weighted by molar-refractivity contribution is 5.47. The molecule has 1 nitrogen and oxygen atoms in total. The highest BCUT2D eigenvalue weighted by Gasteiger charge is 2.31. The van der Waals surface area contributed by atoms with E-state index in [9.17, 15) is 5.11 Å². The van der Waals surface area contributed by atoms with Crippen molar-refractivity contribution in [2.45, 2.75) is 24.9 Å². The molecule has 1 aliphatic carbocycles. The molecular formula is C22H19FO. The van der Waals surface area contributed by atoms with Crippen LogP contribution in [0.15, 0.2) is 72.8 Å². The van der Waals surface area contributed by atoms with Crippen LogP contribution in [0.3, 0.4) is 0 Å². The number of hydrogen-bond acceptors (Lipinski definition) is 1. The number of rotatable bonds is 2. The summed E-state index contributed by atoms with van der Waals surface area (Å²) in [5.41, 5.74) is 5.05. The van der Waals surface area contributed by atoms with Gasteiger partial charge in [-0.25, -0.2) is 4.39 Å². The van der Waals surface area contributed by atoms with Crippen LogP contribution in [0.1, 0.15) is 39.9 Å². The van der Waals surface area contributed by atoms with E-state index in [0.717, 1.165) is 24.0 Å². The summed E-state index contributed by atoms with van der Waals surface area (Å²) < 4.78 is 15.6. The van der Waals surface area contributed by atoms with E-state index in [1.807, 2.05) is 36.4 Å². The maximum atomic E-state index is 15.6. The average Bonchev–Trinajstić information content (AvgIpc) is 2.78. The first-order chi connectivity index (χ1) is 11.7. The second-order valence-electron chi connectivity index (χ2n) is 6.37. The first-order valence-corrected chi connectivity index (χ1v) is 8.32. The zero-order chi connectivity index (χ0) is 16.5. The van der Waals surface area contributed by atoms with Gasteiger partial charge in [-0.15, -0.1) is 0 Å². The smallest absolute Gasteiger partial charge is 0.136 e. The Morgan fingerprint density at radius 1 is 0.792 bits per heavy atom. The molecule has 1 N–H and O–H groups in total. The fourth-order valence-electron chi connectivity index (χ4n) is 3.77. The summed E-state index contributed by atoms with van der Waals surface area (Å²) in [6.45, 7) is 0. The van der Waals surface area contributed by atoms with Crippen molar-refractivity contribution in [1.29, 1.82) is 0 Å². The van der Waals surface area contributed by atoms with Gasteiger partial charge in [-0.2, -0.15) is 0 Å². The normalized spacial score (nSPS) is 15.2.